The first-order valence-electron chi connectivity index (χ1n) is 7.67. The summed E-state index contributed by atoms with van der Waals surface area (Å²) >= 11 is 1.50. The van der Waals surface area contributed by atoms with Crippen LogP contribution in [0.15, 0.2) is 0 Å². The van der Waals surface area contributed by atoms with Crippen molar-refractivity contribution in [3.05, 3.63) is 16.0 Å². The fraction of sp³-hybridized carbons (Fsp3) is 0.625. The van der Waals surface area contributed by atoms with E-state index in [1.807, 2.05) is 13.8 Å². The van der Waals surface area contributed by atoms with Gasteiger partial charge in [0.25, 0.3) is 0 Å². The Labute approximate surface area is 129 Å². The topological polar surface area (TPSA) is 64.9 Å². The maximum Gasteiger partial charge on any atom is 0.242 e. The van der Waals surface area contributed by atoms with Gasteiger partial charge < -0.3 is 10.6 Å². The second-order valence-electron chi connectivity index (χ2n) is 6.19. The number of rotatable bonds is 2. The fourth-order valence-corrected chi connectivity index (χ4v) is 4.58. The molecule has 1 aliphatic carbocycles. The van der Waals surface area contributed by atoms with E-state index in [2.05, 4.69) is 16.7 Å². The van der Waals surface area contributed by atoms with Gasteiger partial charge in [-0.05, 0) is 44.6 Å². The van der Waals surface area contributed by atoms with Crippen molar-refractivity contribution in [2.24, 2.45) is 5.92 Å². The zero-order valence-electron chi connectivity index (χ0n) is 12.5. The van der Waals surface area contributed by atoms with Gasteiger partial charge in [0.2, 0.25) is 5.91 Å². The summed E-state index contributed by atoms with van der Waals surface area (Å²) < 4.78 is 0. The number of fused-ring (bicyclic) bond motifs is 1. The lowest BCUT2D eigenvalue weighted by Crippen LogP contribution is -2.39. The zero-order valence-corrected chi connectivity index (χ0v) is 13.3. The van der Waals surface area contributed by atoms with Gasteiger partial charge in [-0.3, -0.25) is 4.79 Å². The molecule has 1 amide bonds. The Kier molecular flexibility index (Phi) is 4.01. The molecule has 5 heteroatoms. The summed E-state index contributed by atoms with van der Waals surface area (Å²) in [5, 5.41) is 16.4. The van der Waals surface area contributed by atoms with E-state index in [1.54, 1.807) is 0 Å². The number of aryl methyl sites for hydroxylation is 1. The third kappa shape index (κ3) is 2.70. The maximum absolute atomic E-state index is 12.5. The molecular formula is C16H21N3OS. The first-order valence-corrected chi connectivity index (χ1v) is 8.48. The molecule has 2 fully saturated rings. The molecule has 1 aromatic heterocycles. The van der Waals surface area contributed by atoms with Gasteiger partial charge in [-0.1, -0.05) is 12.8 Å². The van der Waals surface area contributed by atoms with Crippen LogP contribution >= 0.6 is 11.3 Å². The summed E-state index contributed by atoms with van der Waals surface area (Å²) in [6, 6.07) is 2.61. The molecule has 2 N–H and O–H groups in total. The molecule has 0 spiro atoms. The summed E-state index contributed by atoms with van der Waals surface area (Å²) in [5.74, 6) is 0.666. The van der Waals surface area contributed by atoms with Crippen LogP contribution in [0.2, 0.25) is 0 Å². The number of amides is 1. The van der Waals surface area contributed by atoms with Crippen LogP contribution in [0.1, 0.15) is 48.1 Å². The van der Waals surface area contributed by atoms with Gasteiger partial charge >= 0.3 is 0 Å². The van der Waals surface area contributed by atoms with Gasteiger partial charge in [-0.15, -0.1) is 11.3 Å². The van der Waals surface area contributed by atoms with Gasteiger partial charge in [0.1, 0.15) is 11.1 Å². The molecule has 2 heterocycles. The van der Waals surface area contributed by atoms with Crippen molar-refractivity contribution in [2.75, 3.05) is 5.32 Å². The Morgan fingerprint density at radius 2 is 2.14 bits per heavy atom. The molecule has 3 rings (SSSR count). The maximum atomic E-state index is 12.5. The Hall–Kier alpha value is -1.38. The van der Waals surface area contributed by atoms with Crippen molar-refractivity contribution < 1.29 is 4.79 Å². The molecule has 1 saturated heterocycles. The molecule has 1 aromatic rings. The summed E-state index contributed by atoms with van der Waals surface area (Å²) in [5.41, 5.74) is 1.59. The number of anilines is 1. The minimum Gasteiger partial charge on any atom is -0.315 e. The Bertz CT molecular complexity index is 587. The number of thiophene rings is 1. The Balaban J connectivity index is 1.70. The third-order valence-corrected chi connectivity index (χ3v) is 6.04. The van der Waals surface area contributed by atoms with Gasteiger partial charge in [0.05, 0.1) is 11.6 Å². The van der Waals surface area contributed by atoms with Crippen molar-refractivity contribution in [2.45, 2.75) is 58.0 Å². The highest BCUT2D eigenvalue weighted by Gasteiger charge is 2.38. The van der Waals surface area contributed by atoms with E-state index in [4.69, 9.17) is 0 Å². The molecule has 112 valence electrons. The van der Waals surface area contributed by atoms with Crippen LogP contribution in [0, 0.1) is 31.1 Å². The van der Waals surface area contributed by atoms with E-state index in [0.29, 0.717) is 22.5 Å². The molecule has 1 saturated carbocycles. The van der Waals surface area contributed by atoms with Gasteiger partial charge in [0.15, 0.2) is 0 Å². The lowest BCUT2D eigenvalue weighted by atomic mass is 9.85. The minimum absolute atomic E-state index is 0.0159. The minimum atomic E-state index is -0.104. The number of carbonyl (C=O) groups is 1. The summed E-state index contributed by atoms with van der Waals surface area (Å²) in [6.45, 7) is 3.92. The number of nitrogens with one attached hydrogen (secondary N) is 2. The smallest absolute Gasteiger partial charge is 0.242 e. The van der Waals surface area contributed by atoms with Crippen LogP contribution in [-0.4, -0.2) is 18.0 Å². The first kappa shape index (κ1) is 14.6. The summed E-state index contributed by atoms with van der Waals surface area (Å²) in [4.78, 5) is 13.6. The van der Waals surface area contributed by atoms with E-state index in [0.717, 1.165) is 16.9 Å². The highest BCUT2D eigenvalue weighted by atomic mass is 32.1. The van der Waals surface area contributed by atoms with Gasteiger partial charge in [0, 0.05) is 10.9 Å². The predicted molar refractivity (Wildman–Crippen MR) is 84.4 cm³/mol. The lowest BCUT2D eigenvalue weighted by Gasteiger charge is -2.24. The van der Waals surface area contributed by atoms with Crippen molar-refractivity contribution in [3.63, 3.8) is 0 Å². The standard InChI is InChI=1S/C16H21N3OS/c1-9-10(2)21-16(12(9)8-17)19-15(20)14-7-11-5-3-4-6-13(11)18-14/h11,13-14,18H,3-7H2,1-2H3,(H,19,20). The number of hydrogen-bond donors (Lipinski definition) is 2. The molecule has 4 nitrogen and oxygen atoms in total. The highest BCUT2D eigenvalue weighted by molar-refractivity contribution is 7.16. The number of nitriles is 1. The third-order valence-electron chi connectivity index (χ3n) is 4.91. The normalized spacial score (nSPS) is 28.0. The molecule has 3 atom stereocenters. The van der Waals surface area contributed by atoms with E-state index in [9.17, 15) is 10.1 Å². The summed E-state index contributed by atoms with van der Waals surface area (Å²) in [6.07, 6.45) is 5.92. The van der Waals surface area contributed by atoms with Gasteiger partial charge in [-0.2, -0.15) is 5.26 Å². The van der Waals surface area contributed by atoms with Crippen molar-refractivity contribution in [1.82, 2.24) is 5.32 Å². The van der Waals surface area contributed by atoms with Crippen LogP contribution in [-0.2, 0) is 4.79 Å². The van der Waals surface area contributed by atoms with Crippen LogP contribution in [0.3, 0.4) is 0 Å². The van der Waals surface area contributed by atoms with Crippen molar-refractivity contribution >= 4 is 22.2 Å². The molecule has 21 heavy (non-hydrogen) atoms. The molecule has 2 aliphatic rings. The quantitative estimate of drug-likeness (QED) is 0.882. The second-order valence-corrected chi connectivity index (χ2v) is 7.42. The van der Waals surface area contributed by atoms with Crippen LogP contribution < -0.4 is 10.6 Å². The molecule has 0 aromatic carbocycles. The SMILES string of the molecule is Cc1sc(NC(=O)C2CC3CCCCC3N2)c(C#N)c1C. The van der Waals surface area contributed by atoms with Crippen LogP contribution in [0.25, 0.3) is 0 Å². The van der Waals surface area contributed by atoms with E-state index >= 15 is 0 Å². The Morgan fingerprint density at radius 1 is 1.38 bits per heavy atom. The average Bonchev–Trinajstić information content (AvgIpc) is 3.01. The van der Waals surface area contributed by atoms with Crippen LogP contribution in [0.5, 0.6) is 0 Å². The van der Waals surface area contributed by atoms with E-state index in [-0.39, 0.29) is 11.9 Å². The lowest BCUT2D eigenvalue weighted by molar-refractivity contribution is -0.117. The second kappa shape index (κ2) is 5.78. The zero-order chi connectivity index (χ0) is 15.0. The number of carbonyl (C=O) groups excluding carboxylic acids is 1. The molecular weight excluding hydrogens is 282 g/mol. The number of nitrogens with zero attached hydrogens (tertiary/aromatic N) is 1. The monoisotopic (exact) mass is 303 g/mol. The predicted octanol–water partition coefficient (Wildman–Crippen LogP) is 3.10. The van der Waals surface area contributed by atoms with Crippen molar-refractivity contribution in [3.8, 4) is 6.07 Å². The van der Waals surface area contributed by atoms with Crippen LogP contribution in [0.4, 0.5) is 5.00 Å². The highest BCUT2D eigenvalue weighted by Crippen LogP contribution is 2.35. The van der Waals surface area contributed by atoms with Crippen molar-refractivity contribution in [1.29, 1.82) is 5.26 Å². The van der Waals surface area contributed by atoms with Gasteiger partial charge in [-0.25, -0.2) is 0 Å². The average molecular weight is 303 g/mol. The molecule has 0 bridgehead atoms. The molecule has 3 unspecified atom stereocenters. The van der Waals surface area contributed by atoms with E-state index < -0.39 is 0 Å². The molecule has 1 aliphatic heterocycles. The fourth-order valence-electron chi connectivity index (χ4n) is 3.57. The summed E-state index contributed by atoms with van der Waals surface area (Å²) in [7, 11) is 0. The first-order chi connectivity index (χ1) is 10.1. The number of hydrogen-bond acceptors (Lipinski definition) is 4. The molecule has 0 radical (unpaired) electrons. The van der Waals surface area contributed by atoms with E-state index in [1.165, 1.54) is 37.0 Å². The largest absolute Gasteiger partial charge is 0.315 e. The Morgan fingerprint density at radius 3 is 2.86 bits per heavy atom.